The van der Waals surface area contributed by atoms with Gasteiger partial charge in [0.25, 0.3) is 0 Å². The van der Waals surface area contributed by atoms with Gasteiger partial charge in [0.15, 0.2) is 0 Å². The molecule has 0 aromatic heterocycles. The second kappa shape index (κ2) is 8.90. The first kappa shape index (κ1) is 12.6. The molecular formula is C6H13NO3Si. The number of primary amides is 1. The first-order chi connectivity index (χ1) is 5.04. The highest BCUT2D eigenvalue weighted by Gasteiger charge is 1.82. The van der Waals surface area contributed by atoms with Crippen LogP contribution in [0.4, 0.5) is 4.79 Å². The number of ether oxygens (including phenoxy) is 1. The third kappa shape index (κ3) is 27.9. The molecule has 1 amide bonds. The van der Waals surface area contributed by atoms with Crippen molar-refractivity contribution in [2.75, 3.05) is 6.61 Å². The molecule has 5 heteroatoms. The Bertz CT molecular complexity index is 147. The molecule has 0 aromatic carbocycles. The lowest BCUT2D eigenvalue weighted by Crippen LogP contribution is -2.11. The third-order valence-electron chi connectivity index (χ3n) is 0.574. The van der Waals surface area contributed by atoms with Gasteiger partial charge in [0.05, 0.1) is 16.8 Å². The summed E-state index contributed by atoms with van der Waals surface area (Å²) < 4.78 is 4.18. The van der Waals surface area contributed by atoms with E-state index in [0.29, 0.717) is 16.8 Å². The maximum atomic E-state index is 9.76. The average Bonchev–Trinajstić information content (AvgIpc) is 1.89. The van der Waals surface area contributed by atoms with Gasteiger partial charge in [-0.05, 0) is 13.0 Å². The van der Waals surface area contributed by atoms with Crippen LogP contribution in [0.5, 0.6) is 0 Å². The van der Waals surface area contributed by atoms with Crippen LogP contribution in [0.1, 0.15) is 6.92 Å². The van der Waals surface area contributed by atoms with Gasteiger partial charge in [0.1, 0.15) is 5.41 Å². The van der Waals surface area contributed by atoms with Crippen molar-refractivity contribution in [3.8, 4) is 0 Å². The molecular weight excluding hydrogens is 162 g/mol. The van der Waals surface area contributed by atoms with Gasteiger partial charge in [-0.25, -0.2) is 4.79 Å². The minimum absolute atomic E-state index is 0.157. The van der Waals surface area contributed by atoms with Crippen molar-refractivity contribution in [2.45, 2.75) is 6.92 Å². The molecule has 0 saturated heterocycles. The standard InChI is InChI=1S/C3H7NO2.C3H6OSi/c1-2-6-3(4)5;1-2-3(4)5/h2H2,1H3,(H2,4,5);2H,1H2,5H3. The normalized spacial score (nSPS) is 7.36. The largest absolute Gasteiger partial charge is 0.450 e. The monoisotopic (exact) mass is 175 g/mol. The first-order valence-corrected chi connectivity index (χ1v) is 4.09. The van der Waals surface area contributed by atoms with Gasteiger partial charge in [0, 0.05) is 0 Å². The molecule has 0 saturated carbocycles. The van der Waals surface area contributed by atoms with E-state index >= 15 is 0 Å². The number of rotatable bonds is 2. The van der Waals surface area contributed by atoms with E-state index in [-0.39, 0.29) is 5.41 Å². The summed E-state index contributed by atoms with van der Waals surface area (Å²) in [5.74, 6) is 0. The molecule has 0 rings (SSSR count). The van der Waals surface area contributed by atoms with E-state index in [9.17, 15) is 9.59 Å². The fourth-order valence-corrected chi connectivity index (χ4v) is 0.142. The van der Waals surface area contributed by atoms with Gasteiger partial charge in [-0.15, -0.1) is 0 Å². The summed E-state index contributed by atoms with van der Waals surface area (Å²) in [6.07, 6.45) is 0.629. The number of amides is 1. The van der Waals surface area contributed by atoms with Crippen molar-refractivity contribution in [2.24, 2.45) is 5.73 Å². The molecule has 0 radical (unpaired) electrons. The highest BCUT2D eigenvalue weighted by atomic mass is 28.1. The van der Waals surface area contributed by atoms with Crippen LogP contribution < -0.4 is 5.73 Å². The topological polar surface area (TPSA) is 69.4 Å². The van der Waals surface area contributed by atoms with Crippen LogP contribution in [-0.2, 0) is 9.53 Å². The number of hydrogen-bond acceptors (Lipinski definition) is 3. The number of carbonyl (C=O) groups is 2. The lowest BCUT2D eigenvalue weighted by molar-refractivity contribution is -0.107. The summed E-state index contributed by atoms with van der Waals surface area (Å²) in [5, 5.41) is 0.157. The van der Waals surface area contributed by atoms with Crippen LogP contribution in [0, 0.1) is 0 Å². The van der Waals surface area contributed by atoms with Gasteiger partial charge in [-0.2, -0.15) is 0 Å². The molecule has 11 heavy (non-hydrogen) atoms. The Kier molecular flexibility index (Phi) is 10.2. The zero-order chi connectivity index (χ0) is 9.28. The van der Waals surface area contributed by atoms with Crippen LogP contribution in [0.25, 0.3) is 0 Å². The van der Waals surface area contributed by atoms with Gasteiger partial charge in [0.2, 0.25) is 0 Å². The molecule has 0 aliphatic heterocycles. The summed E-state index contributed by atoms with van der Waals surface area (Å²) in [6.45, 7) is 5.30. The Morgan fingerprint density at radius 3 is 2.09 bits per heavy atom. The average molecular weight is 175 g/mol. The maximum absolute atomic E-state index is 9.76. The Hall–Kier alpha value is -1.10. The van der Waals surface area contributed by atoms with Gasteiger partial charge >= 0.3 is 6.09 Å². The van der Waals surface area contributed by atoms with Crippen molar-refractivity contribution in [1.82, 2.24) is 0 Å². The summed E-state index contributed by atoms with van der Waals surface area (Å²) in [7, 11) is 0.613. The van der Waals surface area contributed by atoms with E-state index in [4.69, 9.17) is 0 Å². The van der Waals surface area contributed by atoms with Crippen LogP contribution >= 0.6 is 0 Å². The second-order valence-electron chi connectivity index (χ2n) is 1.57. The molecule has 0 aliphatic rings. The number of hydrogen-bond donors (Lipinski definition) is 1. The van der Waals surface area contributed by atoms with Crippen molar-refractivity contribution >= 4 is 21.7 Å². The summed E-state index contributed by atoms with van der Waals surface area (Å²) >= 11 is 0. The second-order valence-corrected chi connectivity index (χ2v) is 2.55. The number of carbonyl (C=O) groups excluding carboxylic acids is 2. The molecule has 0 atom stereocenters. The molecule has 2 N–H and O–H groups in total. The van der Waals surface area contributed by atoms with E-state index in [2.05, 4.69) is 17.0 Å². The van der Waals surface area contributed by atoms with Crippen molar-refractivity contribution in [3.05, 3.63) is 12.7 Å². The van der Waals surface area contributed by atoms with E-state index < -0.39 is 6.09 Å². The quantitative estimate of drug-likeness (QED) is 0.440. The summed E-state index contributed by atoms with van der Waals surface area (Å²) in [4.78, 5) is 19.4. The minimum atomic E-state index is -0.711. The molecule has 0 heterocycles. The fraction of sp³-hybridized carbons (Fsp3) is 0.333. The summed E-state index contributed by atoms with van der Waals surface area (Å²) in [6, 6.07) is 0. The molecule has 0 spiro atoms. The highest BCUT2D eigenvalue weighted by Crippen LogP contribution is 1.66. The Balaban J connectivity index is 0. The molecule has 0 aromatic rings. The number of nitrogens with two attached hydrogens (primary N) is 1. The molecule has 0 fully saturated rings. The zero-order valence-electron chi connectivity index (χ0n) is 6.79. The minimum Gasteiger partial charge on any atom is -0.450 e. The van der Waals surface area contributed by atoms with Crippen molar-refractivity contribution in [1.29, 1.82) is 0 Å². The SMILES string of the molecule is C=CC(=O)[SiH3].CCOC(N)=O. The molecule has 0 bridgehead atoms. The van der Waals surface area contributed by atoms with Crippen LogP contribution in [0.15, 0.2) is 12.7 Å². The van der Waals surface area contributed by atoms with E-state index in [1.165, 1.54) is 6.08 Å². The lowest BCUT2D eigenvalue weighted by Gasteiger charge is -1.89. The van der Waals surface area contributed by atoms with Crippen LogP contribution in [-0.4, -0.2) is 28.3 Å². The van der Waals surface area contributed by atoms with E-state index in [0.717, 1.165) is 0 Å². The maximum Gasteiger partial charge on any atom is 0.404 e. The van der Waals surface area contributed by atoms with Crippen LogP contribution in [0.2, 0.25) is 0 Å². The van der Waals surface area contributed by atoms with Crippen LogP contribution in [0.3, 0.4) is 0 Å². The summed E-state index contributed by atoms with van der Waals surface area (Å²) in [5.41, 5.74) is 4.54. The van der Waals surface area contributed by atoms with Gasteiger partial charge in [-0.1, -0.05) is 6.58 Å². The third-order valence-corrected chi connectivity index (χ3v) is 0.982. The molecule has 4 nitrogen and oxygen atoms in total. The van der Waals surface area contributed by atoms with Gasteiger partial charge < -0.3 is 15.3 Å². The highest BCUT2D eigenvalue weighted by molar-refractivity contribution is 6.60. The number of allylic oxidation sites excluding steroid dienone is 1. The zero-order valence-corrected chi connectivity index (χ0v) is 8.79. The molecule has 0 unspecified atom stereocenters. The predicted octanol–water partition coefficient (Wildman–Crippen LogP) is -0.834. The lowest BCUT2D eigenvalue weighted by atomic mass is 10.7. The van der Waals surface area contributed by atoms with Crippen molar-refractivity contribution in [3.63, 3.8) is 0 Å². The van der Waals surface area contributed by atoms with Gasteiger partial charge in [-0.3, -0.25) is 0 Å². The smallest absolute Gasteiger partial charge is 0.404 e. The molecule has 0 aliphatic carbocycles. The Morgan fingerprint density at radius 2 is 2.09 bits per heavy atom. The van der Waals surface area contributed by atoms with E-state index in [1.807, 2.05) is 0 Å². The Morgan fingerprint density at radius 1 is 1.73 bits per heavy atom. The Labute approximate surface area is 68.8 Å². The predicted molar refractivity (Wildman–Crippen MR) is 46.4 cm³/mol. The first-order valence-electron chi connectivity index (χ1n) is 3.09. The fourth-order valence-electron chi connectivity index (χ4n) is 0.142. The molecule has 64 valence electrons. The van der Waals surface area contributed by atoms with Crippen molar-refractivity contribution < 1.29 is 14.3 Å². The van der Waals surface area contributed by atoms with E-state index in [1.54, 1.807) is 6.92 Å².